The zero-order valence-electron chi connectivity index (χ0n) is 13.3. The summed E-state index contributed by atoms with van der Waals surface area (Å²) in [6.07, 6.45) is 2.49. The van der Waals surface area contributed by atoms with Crippen LogP contribution in [0.1, 0.15) is 16.7 Å². The van der Waals surface area contributed by atoms with E-state index in [4.69, 9.17) is 5.26 Å². The van der Waals surface area contributed by atoms with Crippen molar-refractivity contribution in [3.05, 3.63) is 81.2 Å². The standard InChI is InChI=1S/C18H14FN3O3/c1-21(12-14-4-2-13(11-20)3-5-14)18(23)9-7-15-6-8-16(19)10-17(15)22(24)25/h2-10H,12H2,1H3. The van der Waals surface area contributed by atoms with Crippen LogP contribution in [0.15, 0.2) is 48.5 Å². The summed E-state index contributed by atoms with van der Waals surface area (Å²) in [6.45, 7) is 0.320. The van der Waals surface area contributed by atoms with Crippen LogP contribution in [0.2, 0.25) is 0 Å². The Morgan fingerprint density at radius 1 is 1.32 bits per heavy atom. The normalized spacial score (nSPS) is 10.4. The number of hydrogen-bond donors (Lipinski definition) is 0. The largest absolute Gasteiger partial charge is 0.338 e. The fourth-order valence-electron chi connectivity index (χ4n) is 2.14. The zero-order chi connectivity index (χ0) is 18.4. The van der Waals surface area contributed by atoms with Gasteiger partial charge >= 0.3 is 0 Å². The highest BCUT2D eigenvalue weighted by atomic mass is 19.1. The molecule has 0 spiro atoms. The molecule has 0 aliphatic rings. The van der Waals surface area contributed by atoms with Crippen LogP contribution in [0.4, 0.5) is 10.1 Å². The first-order chi connectivity index (χ1) is 11.9. The zero-order valence-corrected chi connectivity index (χ0v) is 13.3. The molecule has 0 aromatic heterocycles. The van der Waals surface area contributed by atoms with E-state index in [1.54, 1.807) is 31.3 Å². The highest BCUT2D eigenvalue weighted by Crippen LogP contribution is 2.21. The minimum absolute atomic E-state index is 0.145. The number of rotatable bonds is 5. The molecule has 6 nitrogen and oxygen atoms in total. The van der Waals surface area contributed by atoms with Crippen molar-refractivity contribution < 1.29 is 14.1 Å². The predicted octanol–water partition coefficient (Wildman–Crippen LogP) is 3.28. The Hall–Kier alpha value is -3.53. The number of carbonyl (C=O) groups is 1. The highest BCUT2D eigenvalue weighted by Gasteiger charge is 2.13. The van der Waals surface area contributed by atoms with Gasteiger partial charge in [0.25, 0.3) is 5.69 Å². The van der Waals surface area contributed by atoms with Gasteiger partial charge in [-0.15, -0.1) is 0 Å². The Balaban J connectivity index is 2.09. The molecule has 0 bridgehead atoms. The van der Waals surface area contributed by atoms with E-state index in [0.29, 0.717) is 12.1 Å². The van der Waals surface area contributed by atoms with Crippen molar-refractivity contribution in [2.75, 3.05) is 7.05 Å². The van der Waals surface area contributed by atoms with Gasteiger partial charge in [-0.25, -0.2) is 4.39 Å². The molecular formula is C18H14FN3O3. The van der Waals surface area contributed by atoms with Crippen LogP contribution in [0.25, 0.3) is 6.08 Å². The van der Waals surface area contributed by atoms with E-state index in [-0.39, 0.29) is 11.5 Å². The maximum absolute atomic E-state index is 13.1. The second kappa shape index (κ2) is 7.84. The fraction of sp³-hybridized carbons (Fsp3) is 0.111. The molecule has 2 rings (SSSR count). The molecule has 0 aliphatic carbocycles. The SMILES string of the molecule is CN(Cc1ccc(C#N)cc1)C(=O)C=Cc1ccc(F)cc1[N+](=O)[O-]. The van der Waals surface area contributed by atoms with Crippen molar-refractivity contribution in [1.29, 1.82) is 5.26 Å². The molecule has 1 amide bonds. The molecule has 25 heavy (non-hydrogen) atoms. The minimum Gasteiger partial charge on any atom is -0.338 e. The lowest BCUT2D eigenvalue weighted by Gasteiger charge is -2.15. The number of halogens is 1. The molecule has 0 fully saturated rings. The Kier molecular flexibility index (Phi) is 5.58. The summed E-state index contributed by atoms with van der Waals surface area (Å²) in [6, 6.07) is 12.0. The number of nitro benzene ring substituents is 1. The lowest BCUT2D eigenvalue weighted by molar-refractivity contribution is -0.385. The summed E-state index contributed by atoms with van der Waals surface area (Å²) in [7, 11) is 1.59. The number of hydrogen-bond acceptors (Lipinski definition) is 4. The van der Waals surface area contributed by atoms with Gasteiger partial charge in [0.15, 0.2) is 0 Å². The van der Waals surface area contributed by atoms with E-state index in [1.165, 1.54) is 23.1 Å². The lowest BCUT2D eigenvalue weighted by Crippen LogP contribution is -2.24. The molecule has 0 saturated carbocycles. The summed E-state index contributed by atoms with van der Waals surface area (Å²) < 4.78 is 13.1. The third-order valence-corrected chi connectivity index (χ3v) is 3.47. The fourth-order valence-corrected chi connectivity index (χ4v) is 2.14. The Morgan fingerprint density at radius 3 is 2.60 bits per heavy atom. The summed E-state index contributed by atoms with van der Waals surface area (Å²) in [5.74, 6) is -1.07. The molecule has 7 heteroatoms. The van der Waals surface area contributed by atoms with Gasteiger partial charge in [-0.3, -0.25) is 14.9 Å². The monoisotopic (exact) mass is 339 g/mol. The number of benzene rings is 2. The minimum atomic E-state index is -0.715. The van der Waals surface area contributed by atoms with Gasteiger partial charge in [0.1, 0.15) is 5.82 Å². The molecule has 0 atom stereocenters. The van der Waals surface area contributed by atoms with Crippen molar-refractivity contribution in [1.82, 2.24) is 4.90 Å². The van der Waals surface area contributed by atoms with Gasteiger partial charge in [0.05, 0.1) is 28.2 Å². The Bertz CT molecular complexity index is 870. The van der Waals surface area contributed by atoms with Crippen molar-refractivity contribution >= 4 is 17.7 Å². The molecule has 0 unspecified atom stereocenters. The van der Waals surface area contributed by atoms with Crippen LogP contribution in [-0.2, 0) is 11.3 Å². The molecule has 0 radical (unpaired) electrons. The molecule has 0 saturated heterocycles. The van der Waals surface area contributed by atoms with Gasteiger partial charge in [0.2, 0.25) is 5.91 Å². The number of nitro groups is 1. The van der Waals surface area contributed by atoms with Gasteiger partial charge < -0.3 is 4.90 Å². The first kappa shape index (κ1) is 17.8. The highest BCUT2D eigenvalue weighted by molar-refractivity contribution is 5.92. The second-order valence-corrected chi connectivity index (χ2v) is 5.30. The van der Waals surface area contributed by atoms with Gasteiger partial charge in [-0.05, 0) is 35.9 Å². The average Bonchev–Trinajstić information content (AvgIpc) is 2.60. The quantitative estimate of drug-likeness (QED) is 0.475. The molecule has 0 N–H and O–H groups in total. The average molecular weight is 339 g/mol. The van der Waals surface area contributed by atoms with Crippen LogP contribution >= 0.6 is 0 Å². The summed E-state index contributed by atoms with van der Waals surface area (Å²) in [5, 5.41) is 19.7. The van der Waals surface area contributed by atoms with Crippen LogP contribution in [0, 0.1) is 27.3 Å². The smallest absolute Gasteiger partial charge is 0.279 e. The number of amides is 1. The Labute approximate surface area is 143 Å². The van der Waals surface area contributed by atoms with Crippen molar-refractivity contribution in [2.24, 2.45) is 0 Å². The van der Waals surface area contributed by atoms with E-state index in [2.05, 4.69) is 0 Å². The topological polar surface area (TPSA) is 87.2 Å². The van der Waals surface area contributed by atoms with Gasteiger partial charge in [-0.1, -0.05) is 12.1 Å². The van der Waals surface area contributed by atoms with Crippen molar-refractivity contribution in [3.8, 4) is 6.07 Å². The van der Waals surface area contributed by atoms with E-state index < -0.39 is 16.4 Å². The van der Waals surface area contributed by atoms with E-state index in [9.17, 15) is 19.3 Å². The van der Waals surface area contributed by atoms with E-state index in [0.717, 1.165) is 17.7 Å². The molecule has 0 heterocycles. The number of carbonyl (C=O) groups excluding carboxylic acids is 1. The summed E-state index contributed by atoms with van der Waals surface area (Å²) in [4.78, 5) is 23.8. The predicted molar refractivity (Wildman–Crippen MR) is 89.7 cm³/mol. The van der Waals surface area contributed by atoms with Crippen LogP contribution < -0.4 is 0 Å². The van der Waals surface area contributed by atoms with Crippen molar-refractivity contribution in [2.45, 2.75) is 6.54 Å². The molecular weight excluding hydrogens is 325 g/mol. The van der Waals surface area contributed by atoms with E-state index in [1.807, 2.05) is 6.07 Å². The van der Waals surface area contributed by atoms with E-state index >= 15 is 0 Å². The number of nitriles is 1. The number of likely N-dealkylation sites (N-methyl/N-ethyl adjacent to an activating group) is 1. The van der Waals surface area contributed by atoms with Crippen LogP contribution in [0.3, 0.4) is 0 Å². The van der Waals surface area contributed by atoms with Gasteiger partial charge in [0, 0.05) is 19.7 Å². The molecule has 2 aromatic carbocycles. The van der Waals surface area contributed by atoms with Crippen molar-refractivity contribution in [3.63, 3.8) is 0 Å². The molecule has 2 aromatic rings. The Morgan fingerprint density at radius 2 is 2.00 bits per heavy atom. The van der Waals surface area contributed by atoms with Gasteiger partial charge in [-0.2, -0.15) is 5.26 Å². The third kappa shape index (κ3) is 4.72. The van der Waals surface area contributed by atoms with Crippen LogP contribution in [0.5, 0.6) is 0 Å². The second-order valence-electron chi connectivity index (χ2n) is 5.30. The third-order valence-electron chi connectivity index (χ3n) is 3.47. The maximum atomic E-state index is 13.1. The first-order valence-electron chi connectivity index (χ1n) is 7.27. The first-order valence-corrected chi connectivity index (χ1v) is 7.27. The molecule has 126 valence electrons. The summed E-state index contributed by atoms with van der Waals surface area (Å²) in [5.41, 5.74) is 1.11. The maximum Gasteiger partial charge on any atom is 0.279 e. The number of nitrogens with zero attached hydrogens (tertiary/aromatic N) is 3. The summed E-state index contributed by atoms with van der Waals surface area (Å²) >= 11 is 0. The van der Waals surface area contributed by atoms with Crippen LogP contribution in [-0.4, -0.2) is 22.8 Å². The molecule has 0 aliphatic heterocycles. The lowest BCUT2D eigenvalue weighted by atomic mass is 10.1.